The van der Waals surface area contributed by atoms with E-state index in [4.69, 9.17) is 24.6 Å². The largest absolute Gasteiger partial charge is 0.508 e. The highest BCUT2D eigenvalue weighted by molar-refractivity contribution is 7.86. The number of carboxylic acids is 1. The van der Waals surface area contributed by atoms with E-state index in [1.165, 1.54) is 0 Å². The van der Waals surface area contributed by atoms with Crippen molar-refractivity contribution >= 4 is 22.2 Å². The second-order valence-corrected chi connectivity index (χ2v) is 7.74. The lowest BCUT2D eigenvalue weighted by molar-refractivity contribution is -0.134. The molecule has 3 N–H and O–H groups in total. The first kappa shape index (κ1) is 25.8. The van der Waals surface area contributed by atoms with Gasteiger partial charge in [-0.3, -0.25) is 8.98 Å². The third-order valence-electron chi connectivity index (χ3n) is 2.71. The number of rotatable bonds is 11. The molecule has 9 nitrogen and oxygen atoms in total. The number of hydrogen-bond donors (Lipinski definition) is 2. The number of ether oxygens (including phenoxy) is 2. The van der Waals surface area contributed by atoms with Gasteiger partial charge in [0.05, 0.1) is 25.6 Å². The molecule has 0 aliphatic rings. The van der Waals surface area contributed by atoms with Gasteiger partial charge in [-0.1, -0.05) is 13.8 Å². The number of carboxylic acid groups (broad SMARTS) is 1. The molecule has 0 amide bonds. The summed E-state index contributed by atoms with van der Waals surface area (Å²) in [6, 6.07) is 0. The molecule has 0 aromatic rings. The molecule has 25 heavy (non-hydrogen) atoms. The van der Waals surface area contributed by atoms with Crippen LogP contribution in [0.3, 0.4) is 0 Å². The Balaban J connectivity index is 0. The van der Waals surface area contributed by atoms with Gasteiger partial charge in [0.15, 0.2) is 0 Å². The third-order valence-corrected chi connectivity index (χ3v) is 3.97. The molecule has 0 aliphatic heterocycles. The highest BCUT2D eigenvalue weighted by Gasteiger charge is 2.22. The first-order valence-corrected chi connectivity index (χ1v) is 9.59. The molecule has 0 rings (SSSR count). The van der Waals surface area contributed by atoms with Crippen LogP contribution in [0.4, 0.5) is 4.79 Å². The van der Waals surface area contributed by atoms with E-state index in [9.17, 15) is 13.2 Å². The molecular weight excluding hydrogens is 354 g/mol. The molecule has 150 valence electrons. The van der Waals surface area contributed by atoms with Gasteiger partial charge in [0.25, 0.3) is 16.1 Å². The predicted octanol–water partition coefficient (Wildman–Crippen LogP) is 1.75. The lowest BCUT2D eigenvalue weighted by Crippen LogP contribution is -2.24. The highest BCUT2D eigenvalue weighted by atomic mass is 32.2. The minimum absolute atomic E-state index is 0.0639. The molecule has 0 fully saturated rings. The summed E-state index contributed by atoms with van der Waals surface area (Å²) >= 11 is 0. The van der Waals surface area contributed by atoms with E-state index in [-0.39, 0.29) is 31.0 Å². The molecule has 0 unspecified atom stereocenters. The first-order chi connectivity index (χ1) is 11.5. The molecule has 0 saturated heterocycles. The number of nitrogens with two attached hydrogens (primary N) is 1. The Labute approximate surface area is 149 Å². The summed E-state index contributed by atoms with van der Waals surface area (Å²) in [5, 5.41) is 7.42. The average molecular weight is 385 g/mol. The molecule has 0 aromatic carbocycles. The van der Waals surface area contributed by atoms with Gasteiger partial charge in [0, 0.05) is 6.92 Å². The maximum atomic E-state index is 11.6. The van der Waals surface area contributed by atoms with Crippen LogP contribution in [0, 0.1) is 5.41 Å². The number of aliphatic carboxylic acids is 1. The normalized spacial score (nSPS) is 11.2. The van der Waals surface area contributed by atoms with E-state index < -0.39 is 22.2 Å². The van der Waals surface area contributed by atoms with E-state index in [0.29, 0.717) is 25.8 Å². The van der Waals surface area contributed by atoms with E-state index in [2.05, 4.69) is 4.74 Å². The molecule has 0 atom stereocenters. The van der Waals surface area contributed by atoms with Crippen LogP contribution in [0.15, 0.2) is 0 Å². The van der Waals surface area contributed by atoms with Crippen molar-refractivity contribution in [2.24, 2.45) is 11.1 Å². The number of carbonyl (C=O) groups excluding carboxylic acids is 1. The van der Waals surface area contributed by atoms with Crippen molar-refractivity contribution < 1.29 is 36.8 Å². The highest BCUT2D eigenvalue weighted by Crippen LogP contribution is 2.23. The summed E-state index contributed by atoms with van der Waals surface area (Å²) < 4.78 is 37.6. The number of hydrogen-bond acceptors (Lipinski definition) is 8. The summed E-state index contributed by atoms with van der Waals surface area (Å²) in [6.45, 7) is 7.51. The first-order valence-electron chi connectivity index (χ1n) is 8.02. The summed E-state index contributed by atoms with van der Waals surface area (Å²) in [4.78, 5) is 20.0. The Morgan fingerprint density at radius 1 is 1.16 bits per heavy atom. The Hall–Kier alpha value is -1.39. The lowest BCUT2D eigenvalue weighted by Gasteiger charge is -2.23. The van der Waals surface area contributed by atoms with Crippen LogP contribution in [0.5, 0.6) is 0 Å². The molecular formula is C15H31NO8S. The summed E-state index contributed by atoms with van der Waals surface area (Å²) in [6.07, 6.45) is 0.975. The Kier molecular flexibility index (Phi) is 14.3. The predicted molar refractivity (Wildman–Crippen MR) is 92.7 cm³/mol. The standard InChI is InChI=1S/C13H27NO6S.C2H4O2/c1-4-18-12(15)19-9-5-7-13(2,3)11-20-21(16,17)10-6-8-14;1-2(3)4/h4-11,14H2,1-3H3;1H3,(H,3,4). The van der Waals surface area contributed by atoms with Crippen molar-refractivity contribution in [1.29, 1.82) is 0 Å². The molecule has 0 bridgehead atoms. The van der Waals surface area contributed by atoms with Gasteiger partial charge in [-0.2, -0.15) is 8.42 Å². The minimum Gasteiger partial charge on any atom is -0.481 e. The molecule has 0 aliphatic carbocycles. The molecule has 0 aromatic heterocycles. The third kappa shape index (κ3) is 20.6. The fourth-order valence-corrected chi connectivity index (χ4v) is 2.64. The smallest absolute Gasteiger partial charge is 0.481 e. The van der Waals surface area contributed by atoms with Crippen molar-refractivity contribution in [2.75, 3.05) is 32.1 Å². The van der Waals surface area contributed by atoms with Crippen molar-refractivity contribution in [3.63, 3.8) is 0 Å². The van der Waals surface area contributed by atoms with Gasteiger partial charge in [-0.15, -0.1) is 0 Å². The van der Waals surface area contributed by atoms with E-state index in [1.54, 1.807) is 6.92 Å². The van der Waals surface area contributed by atoms with Crippen molar-refractivity contribution in [2.45, 2.75) is 47.0 Å². The molecule has 10 heteroatoms. The topological polar surface area (TPSA) is 142 Å². The van der Waals surface area contributed by atoms with Crippen molar-refractivity contribution in [3.05, 3.63) is 0 Å². The zero-order chi connectivity index (χ0) is 19.9. The van der Waals surface area contributed by atoms with E-state index in [1.807, 2.05) is 13.8 Å². The zero-order valence-electron chi connectivity index (χ0n) is 15.4. The average Bonchev–Trinajstić information content (AvgIpc) is 2.48. The van der Waals surface area contributed by atoms with Crippen LogP contribution in [0.25, 0.3) is 0 Å². The second-order valence-electron chi connectivity index (χ2n) is 5.98. The van der Waals surface area contributed by atoms with E-state index >= 15 is 0 Å². The van der Waals surface area contributed by atoms with Gasteiger partial charge >= 0.3 is 6.16 Å². The maximum absolute atomic E-state index is 11.6. The van der Waals surface area contributed by atoms with Crippen LogP contribution in [-0.2, 0) is 28.6 Å². The summed E-state index contributed by atoms with van der Waals surface area (Å²) in [5.41, 5.74) is 4.95. The fourth-order valence-electron chi connectivity index (χ4n) is 1.51. The maximum Gasteiger partial charge on any atom is 0.508 e. The molecule has 0 spiro atoms. The Morgan fingerprint density at radius 3 is 2.20 bits per heavy atom. The summed E-state index contributed by atoms with van der Waals surface area (Å²) in [5.74, 6) is -0.897. The van der Waals surface area contributed by atoms with Crippen LogP contribution in [-0.4, -0.2) is 57.8 Å². The van der Waals surface area contributed by atoms with Gasteiger partial charge < -0.3 is 20.3 Å². The summed E-state index contributed by atoms with van der Waals surface area (Å²) in [7, 11) is -3.51. The quantitative estimate of drug-likeness (QED) is 0.309. The molecule has 0 saturated carbocycles. The monoisotopic (exact) mass is 385 g/mol. The van der Waals surface area contributed by atoms with Crippen LogP contribution in [0.2, 0.25) is 0 Å². The Bertz CT molecular complexity index is 472. The van der Waals surface area contributed by atoms with Crippen molar-refractivity contribution in [1.82, 2.24) is 0 Å². The molecule has 0 heterocycles. The number of carbonyl (C=O) groups is 2. The molecule has 0 radical (unpaired) electrons. The Morgan fingerprint density at radius 2 is 1.72 bits per heavy atom. The zero-order valence-corrected chi connectivity index (χ0v) is 16.3. The second kappa shape index (κ2) is 13.9. The van der Waals surface area contributed by atoms with Crippen molar-refractivity contribution in [3.8, 4) is 0 Å². The van der Waals surface area contributed by atoms with Crippen LogP contribution in [0.1, 0.15) is 47.0 Å². The SMILES string of the molecule is CC(=O)O.CCOC(=O)OCCCC(C)(C)COS(=O)(=O)CCCN. The van der Waals surface area contributed by atoms with Crippen LogP contribution >= 0.6 is 0 Å². The van der Waals surface area contributed by atoms with Gasteiger partial charge in [-0.25, -0.2) is 4.79 Å². The lowest BCUT2D eigenvalue weighted by atomic mass is 9.89. The van der Waals surface area contributed by atoms with Gasteiger partial charge in [0.1, 0.15) is 0 Å². The van der Waals surface area contributed by atoms with Crippen LogP contribution < -0.4 is 5.73 Å². The van der Waals surface area contributed by atoms with Gasteiger partial charge in [-0.05, 0) is 38.1 Å². The van der Waals surface area contributed by atoms with E-state index in [0.717, 1.165) is 6.92 Å². The fraction of sp³-hybridized carbons (Fsp3) is 0.867. The minimum atomic E-state index is -3.51. The van der Waals surface area contributed by atoms with Gasteiger partial charge in [0.2, 0.25) is 0 Å².